The first-order valence-corrected chi connectivity index (χ1v) is 9.96. The van der Waals surface area contributed by atoms with Crippen molar-refractivity contribution in [3.63, 3.8) is 0 Å². The second kappa shape index (κ2) is 8.31. The highest BCUT2D eigenvalue weighted by atomic mass is 16.7. The second-order valence-corrected chi connectivity index (χ2v) is 7.63. The van der Waals surface area contributed by atoms with E-state index in [1.807, 2.05) is 11.0 Å². The molecule has 146 valence electrons. The Morgan fingerprint density at radius 1 is 1.15 bits per heavy atom. The van der Waals surface area contributed by atoms with Gasteiger partial charge in [-0.3, -0.25) is 14.6 Å². The number of piperazine rings is 1. The molecule has 2 saturated heterocycles. The van der Waals surface area contributed by atoms with Gasteiger partial charge in [-0.05, 0) is 30.5 Å². The SMILES string of the molecule is C=CCC(=O)N1CCC[C@@H](N2CCN(Cc3ccc4c(c3)OCO4)CC2)C1. The first-order chi connectivity index (χ1) is 13.2. The molecule has 0 spiro atoms. The average Bonchev–Trinajstić information content (AvgIpc) is 3.17. The Morgan fingerprint density at radius 2 is 1.96 bits per heavy atom. The molecule has 0 radical (unpaired) electrons. The van der Waals surface area contributed by atoms with E-state index >= 15 is 0 Å². The summed E-state index contributed by atoms with van der Waals surface area (Å²) in [7, 11) is 0. The molecule has 0 bridgehead atoms. The number of amides is 1. The number of likely N-dealkylation sites (tertiary alicyclic amines) is 1. The van der Waals surface area contributed by atoms with E-state index in [1.54, 1.807) is 6.08 Å². The minimum Gasteiger partial charge on any atom is -0.454 e. The van der Waals surface area contributed by atoms with E-state index in [2.05, 4.69) is 28.5 Å². The highest BCUT2D eigenvalue weighted by molar-refractivity contribution is 5.77. The molecule has 4 rings (SSSR count). The molecule has 0 saturated carbocycles. The van der Waals surface area contributed by atoms with Crippen LogP contribution in [0.5, 0.6) is 11.5 Å². The zero-order chi connectivity index (χ0) is 18.6. The fourth-order valence-corrected chi connectivity index (χ4v) is 4.32. The lowest BCUT2D eigenvalue weighted by Crippen LogP contribution is -2.55. The van der Waals surface area contributed by atoms with Crippen LogP contribution in [0, 0.1) is 0 Å². The van der Waals surface area contributed by atoms with E-state index in [0.717, 1.165) is 63.7 Å². The Kier molecular flexibility index (Phi) is 5.64. The number of piperidine rings is 1. The molecule has 6 heteroatoms. The lowest BCUT2D eigenvalue weighted by atomic mass is 10.0. The van der Waals surface area contributed by atoms with Crippen LogP contribution in [0.3, 0.4) is 0 Å². The number of carbonyl (C=O) groups is 1. The van der Waals surface area contributed by atoms with Crippen LogP contribution in [-0.4, -0.2) is 72.7 Å². The summed E-state index contributed by atoms with van der Waals surface area (Å²) in [6.45, 7) is 11.0. The zero-order valence-corrected chi connectivity index (χ0v) is 15.9. The van der Waals surface area contributed by atoms with E-state index in [4.69, 9.17) is 9.47 Å². The minimum atomic E-state index is 0.219. The van der Waals surface area contributed by atoms with Gasteiger partial charge in [-0.25, -0.2) is 0 Å². The summed E-state index contributed by atoms with van der Waals surface area (Å²) in [6.07, 6.45) is 4.46. The number of fused-ring (bicyclic) bond motifs is 1. The third-order valence-electron chi connectivity index (χ3n) is 5.83. The molecule has 1 amide bonds. The first-order valence-electron chi connectivity index (χ1n) is 9.96. The van der Waals surface area contributed by atoms with Gasteiger partial charge in [-0.15, -0.1) is 6.58 Å². The van der Waals surface area contributed by atoms with Crippen molar-refractivity contribution in [2.24, 2.45) is 0 Å². The smallest absolute Gasteiger partial charge is 0.231 e. The van der Waals surface area contributed by atoms with E-state index < -0.39 is 0 Å². The van der Waals surface area contributed by atoms with Crippen molar-refractivity contribution in [1.82, 2.24) is 14.7 Å². The molecule has 0 unspecified atom stereocenters. The lowest BCUT2D eigenvalue weighted by molar-refractivity contribution is -0.132. The molecule has 3 aliphatic heterocycles. The van der Waals surface area contributed by atoms with Crippen molar-refractivity contribution in [2.45, 2.75) is 31.8 Å². The Bertz CT molecular complexity index is 685. The largest absolute Gasteiger partial charge is 0.454 e. The van der Waals surface area contributed by atoms with Gasteiger partial charge in [0, 0.05) is 58.3 Å². The van der Waals surface area contributed by atoms with E-state index in [1.165, 1.54) is 12.0 Å². The molecule has 1 aromatic carbocycles. The van der Waals surface area contributed by atoms with Crippen molar-refractivity contribution < 1.29 is 14.3 Å². The summed E-state index contributed by atoms with van der Waals surface area (Å²) < 4.78 is 10.9. The quantitative estimate of drug-likeness (QED) is 0.742. The minimum absolute atomic E-state index is 0.219. The summed E-state index contributed by atoms with van der Waals surface area (Å²) in [5, 5.41) is 0. The Hall–Kier alpha value is -2.05. The number of nitrogens with zero attached hydrogens (tertiary/aromatic N) is 3. The fraction of sp³-hybridized carbons (Fsp3) is 0.571. The third-order valence-corrected chi connectivity index (χ3v) is 5.83. The van der Waals surface area contributed by atoms with Crippen LogP contribution < -0.4 is 9.47 Å². The summed E-state index contributed by atoms with van der Waals surface area (Å²) in [6, 6.07) is 6.73. The first kappa shape index (κ1) is 18.3. The molecule has 0 aliphatic carbocycles. The summed E-state index contributed by atoms with van der Waals surface area (Å²) >= 11 is 0. The molecule has 0 aromatic heterocycles. The van der Waals surface area contributed by atoms with Gasteiger partial charge in [0.15, 0.2) is 11.5 Å². The number of benzene rings is 1. The van der Waals surface area contributed by atoms with Gasteiger partial charge >= 0.3 is 0 Å². The van der Waals surface area contributed by atoms with Gasteiger partial charge in [0.1, 0.15) is 0 Å². The Labute approximate surface area is 161 Å². The predicted octanol–water partition coefficient (Wildman–Crippen LogP) is 2.10. The number of hydrogen-bond acceptors (Lipinski definition) is 5. The molecule has 3 heterocycles. The van der Waals surface area contributed by atoms with Crippen molar-refractivity contribution in [2.75, 3.05) is 46.1 Å². The van der Waals surface area contributed by atoms with Gasteiger partial charge in [0.25, 0.3) is 0 Å². The topological polar surface area (TPSA) is 45.3 Å². The van der Waals surface area contributed by atoms with Crippen LogP contribution in [0.1, 0.15) is 24.8 Å². The Morgan fingerprint density at radius 3 is 2.78 bits per heavy atom. The number of carbonyl (C=O) groups excluding carboxylic acids is 1. The molecule has 2 fully saturated rings. The van der Waals surface area contributed by atoms with Crippen LogP contribution in [0.4, 0.5) is 0 Å². The van der Waals surface area contributed by atoms with Crippen LogP contribution in [0.2, 0.25) is 0 Å². The molecule has 1 atom stereocenters. The average molecular weight is 371 g/mol. The molecule has 3 aliphatic rings. The van der Waals surface area contributed by atoms with Crippen LogP contribution in [-0.2, 0) is 11.3 Å². The summed E-state index contributed by atoms with van der Waals surface area (Å²) in [5.41, 5.74) is 1.27. The van der Waals surface area contributed by atoms with Crippen LogP contribution >= 0.6 is 0 Å². The molecule has 0 N–H and O–H groups in total. The van der Waals surface area contributed by atoms with Crippen molar-refractivity contribution >= 4 is 5.91 Å². The number of hydrogen-bond donors (Lipinski definition) is 0. The maximum atomic E-state index is 12.2. The third kappa shape index (κ3) is 4.28. The van der Waals surface area contributed by atoms with Crippen LogP contribution in [0.15, 0.2) is 30.9 Å². The molecular formula is C21H29N3O3. The van der Waals surface area contributed by atoms with E-state index in [0.29, 0.717) is 19.3 Å². The van der Waals surface area contributed by atoms with Crippen molar-refractivity contribution in [3.8, 4) is 11.5 Å². The van der Waals surface area contributed by atoms with Crippen LogP contribution in [0.25, 0.3) is 0 Å². The fourth-order valence-electron chi connectivity index (χ4n) is 4.32. The van der Waals surface area contributed by atoms with Crippen molar-refractivity contribution in [1.29, 1.82) is 0 Å². The number of rotatable bonds is 5. The van der Waals surface area contributed by atoms with E-state index in [-0.39, 0.29) is 5.91 Å². The van der Waals surface area contributed by atoms with E-state index in [9.17, 15) is 4.79 Å². The lowest BCUT2D eigenvalue weighted by Gasteiger charge is -2.43. The maximum Gasteiger partial charge on any atom is 0.231 e. The van der Waals surface area contributed by atoms with Gasteiger partial charge in [0.2, 0.25) is 12.7 Å². The highest BCUT2D eigenvalue weighted by Gasteiger charge is 2.29. The number of ether oxygens (including phenoxy) is 2. The van der Waals surface area contributed by atoms with Gasteiger partial charge < -0.3 is 14.4 Å². The molecule has 27 heavy (non-hydrogen) atoms. The summed E-state index contributed by atoms with van der Waals surface area (Å²) in [5.74, 6) is 1.92. The predicted molar refractivity (Wildman–Crippen MR) is 104 cm³/mol. The molecule has 1 aromatic rings. The van der Waals surface area contributed by atoms with Crippen molar-refractivity contribution in [3.05, 3.63) is 36.4 Å². The monoisotopic (exact) mass is 371 g/mol. The molecule has 6 nitrogen and oxygen atoms in total. The van der Waals surface area contributed by atoms with Gasteiger partial charge in [-0.2, -0.15) is 0 Å². The second-order valence-electron chi connectivity index (χ2n) is 7.63. The summed E-state index contributed by atoms with van der Waals surface area (Å²) in [4.78, 5) is 19.3. The zero-order valence-electron chi connectivity index (χ0n) is 15.9. The van der Waals surface area contributed by atoms with Gasteiger partial charge in [0.05, 0.1) is 0 Å². The highest BCUT2D eigenvalue weighted by Crippen LogP contribution is 2.33. The van der Waals surface area contributed by atoms with Gasteiger partial charge in [-0.1, -0.05) is 12.1 Å². The molecular weight excluding hydrogens is 342 g/mol. The Balaban J connectivity index is 1.27. The standard InChI is InChI=1S/C21H29N3O3/c1-2-4-21(25)24-8-3-5-18(15-24)23-11-9-22(10-12-23)14-17-6-7-19-20(13-17)27-16-26-19/h2,6-7,13,18H,1,3-5,8-12,14-16H2/t18-/m1/s1. The maximum absolute atomic E-state index is 12.2. The normalized spacial score (nSPS) is 23.4.